The third-order valence-electron chi connectivity index (χ3n) is 14.8. The van der Waals surface area contributed by atoms with Crippen molar-refractivity contribution in [2.24, 2.45) is 16.7 Å². The van der Waals surface area contributed by atoms with Gasteiger partial charge in [-0.15, -0.1) is 0 Å². The Balaban J connectivity index is 1.32. The van der Waals surface area contributed by atoms with Gasteiger partial charge in [-0.2, -0.15) is 0 Å². The highest BCUT2D eigenvalue weighted by Crippen LogP contribution is 2.64. The van der Waals surface area contributed by atoms with Crippen LogP contribution in [0, 0.1) is 16.7 Å². The number of carbonyl (C=O) groups is 8. The number of amides is 2. The van der Waals surface area contributed by atoms with Crippen LogP contribution in [0.1, 0.15) is 109 Å². The molecule has 398 valence electrons. The molecule has 2 aromatic rings. The van der Waals surface area contributed by atoms with Crippen molar-refractivity contribution >= 4 is 47.3 Å². The van der Waals surface area contributed by atoms with E-state index in [0.29, 0.717) is 25.2 Å². The minimum absolute atomic E-state index is 0.0417. The summed E-state index contributed by atoms with van der Waals surface area (Å²) >= 11 is 0. The van der Waals surface area contributed by atoms with Gasteiger partial charge >= 0.3 is 23.9 Å². The summed E-state index contributed by atoms with van der Waals surface area (Å²) in [6, 6.07) is 14.4. The molecule has 1 saturated heterocycles. The second-order valence-corrected chi connectivity index (χ2v) is 20.0. The van der Waals surface area contributed by atoms with Crippen molar-refractivity contribution in [1.82, 2.24) is 10.6 Å². The predicted molar refractivity (Wildman–Crippen MR) is 256 cm³/mol. The Bertz CT molecular complexity index is 2410. The van der Waals surface area contributed by atoms with E-state index in [-0.39, 0.29) is 55.2 Å². The standard InChI is InChI=1S/C53H68N2O18/c1-30(56)28-68-23-16-10-15-22-67-24-21-39(60)54-27-40(61)71-44(42(55-32(3)57)34-17-11-8-12-18-34)49(65)70-36-26-53(66)47(72-48(64)35-19-13-9-14-20-35)45-51(7,46(63)43(62)41(31(36)2)50(53,5)6)37(59)25-38-52(45,29-69-38)73-33(4)58/h8-9,11-14,17-20,36-38,42-45,47,59,62,66H,10,15-16,21-29H2,1-7H3,(H,54,60)(H,55,57)/t36-,37-,38?,42-,43+,44+,45?,47?,51?,52-,53+/m0/s1. The summed E-state index contributed by atoms with van der Waals surface area (Å²) in [4.78, 5) is 108. The molecule has 20 heteroatoms. The maximum atomic E-state index is 15.2. The van der Waals surface area contributed by atoms with Crippen LogP contribution >= 0.6 is 0 Å². The minimum Gasteiger partial charge on any atom is -0.455 e. The fourth-order valence-corrected chi connectivity index (χ4v) is 11.0. The van der Waals surface area contributed by atoms with Gasteiger partial charge in [-0.1, -0.05) is 62.4 Å². The van der Waals surface area contributed by atoms with Crippen molar-refractivity contribution in [3.8, 4) is 0 Å². The summed E-state index contributed by atoms with van der Waals surface area (Å²) in [6.45, 7) is 9.50. The molecule has 73 heavy (non-hydrogen) atoms. The Morgan fingerprint density at radius 1 is 0.849 bits per heavy atom. The van der Waals surface area contributed by atoms with Crippen LogP contribution in [0.5, 0.6) is 0 Å². The summed E-state index contributed by atoms with van der Waals surface area (Å²) in [5, 5.41) is 43.1. The van der Waals surface area contributed by atoms with Gasteiger partial charge in [-0.05, 0) is 68.9 Å². The number of unbranched alkanes of at least 4 members (excludes halogenated alkanes) is 2. The van der Waals surface area contributed by atoms with Gasteiger partial charge in [0.15, 0.2) is 17.2 Å². The molecule has 3 aliphatic carbocycles. The number of ether oxygens (including phenoxy) is 7. The average Bonchev–Trinajstić information content (AvgIpc) is 3.33. The van der Waals surface area contributed by atoms with Crippen LogP contribution in [-0.2, 0) is 66.7 Å². The Kier molecular flexibility index (Phi) is 18.2. The van der Waals surface area contributed by atoms with E-state index in [4.69, 9.17) is 33.2 Å². The number of hydrogen-bond donors (Lipinski definition) is 5. The third kappa shape index (κ3) is 11.9. The van der Waals surface area contributed by atoms with E-state index in [9.17, 15) is 48.9 Å². The number of aliphatic hydroxyl groups excluding tert-OH is 2. The second-order valence-electron chi connectivity index (χ2n) is 20.0. The highest BCUT2D eigenvalue weighted by Gasteiger charge is 2.78. The SMILES string of the molecule is CC(=O)COCCCCCOCCC(=O)NCC(=O)O[C@@H](C(=O)O[C@H]1C[C@@]2(O)C(OC(=O)c3ccccc3)C3C(C)(C(=O)[C@H](O)C(=C1C)C2(C)C)[C@@H](O)CC1OC[C@]13OC(C)=O)[C@@H](NC(C)=O)c1ccccc1. The van der Waals surface area contributed by atoms with E-state index in [2.05, 4.69) is 10.6 Å². The number of carbonyl (C=O) groups excluding carboxylic acids is 8. The molecular formula is C53H68N2O18. The first-order valence-electron chi connectivity index (χ1n) is 24.5. The lowest BCUT2D eigenvalue weighted by Gasteiger charge is -2.67. The molecule has 2 bridgehead atoms. The van der Waals surface area contributed by atoms with Gasteiger partial charge < -0.3 is 59.1 Å². The molecule has 2 saturated carbocycles. The summed E-state index contributed by atoms with van der Waals surface area (Å²) in [5.41, 5.74) is -7.72. The molecule has 3 fully saturated rings. The zero-order valence-electron chi connectivity index (χ0n) is 42.3. The smallest absolute Gasteiger partial charge is 0.350 e. The van der Waals surface area contributed by atoms with Gasteiger partial charge in [0, 0.05) is 51.7 Å². The Morgan fingerprint density at radius 2 is 1.49 bits per heavy atom. The molecule has 6 rings (SSSR count). The van der Waals surface area contributed by atoms with Crippen molar-refractivity contribution < 1.29 is 86.8 Å². The number of rotatable bonds is 22. The van der Waals surface area contributed by atoms with Crippen molar-refractivity contribution in [3.63, 3.8) is 0 Å². The summed E-state index contributed by atoms with van der Waals surface area (Å²) in [6.07, 6.45) is -8.87. The van der Waals surface area contributed by atoms with Crippen LogP contribution < -0.4 is 10.6 Å². The second kappa shape index (κ2) is 23.5. The summed E-state index contributed by atoms with van der Waals surface area (Å²) in [7, 11) is 0. The minimum atomic E-state index is -2.45. The molecule has 0 spiro atoms. The van der Waals surface area contributed by atoms with E-state index in [1.807, 2.05) is 0 Å². The Labute approximate surface area is 423 Å². The maximum Gasteiger partial charge on any atom is 0.350 e. The fraction of sp³-hybridized carbons (Fsp3) is 0.585. The van der Waals surface area contributed by atoms with E-state index < -0.39 is 125 Å². The number of benzene rings is 2. The van der Waals surface area contributed by atoms with Gasteiger partial charge in [-0.3, -0.25) is 28.8 Å². The summed E-state index contributed by atoms with van der Waals surface area (Å²) in [5.74, 6) is -7.93. The first-order valence-corrected chi connectivity index (χ1v) is 24.5. The normalized spacial score (nSPS) is 28.8. The topological polar surface area (TPSA) is 286 Å². The van der Waals surface area contributed by atoms with Crippen LogP contribution in [0.4, 0.5) is 0 Å². The molecule has 5 N–H and O–H groups in total. The zero-order chi connectivity index (χ0) is 53.5. The van der Waals surface area contributed by atoms with Crippen molar-refractivity contribution in [3.05, 3.63) is 82.9 Å². The maximum absolute atomic E-state index is 15.2. The van der Waals surface area contributed by atoms with E-state index in [1.54, 1.807) is 48.5 Å². The fourth-order valence-electron chi connectivity index (χ4n) is 11.0. The lowest BCUT2D eigenvalue weighted by atomic mass is 9.44. The number of ketones is 2. The zero-order valence-corrected chi connectivity index (χ0v) is 42.3. The molecule has 20 nitrogen and oxygen atoms in total. The van der Waals surface area contributed by atoms with Gasteiger partial charge in [0.2, 0.25) is 17.9 Å². The molecular weight excluding hydrogens is 953 g/mol. The molecule has 0 radical (unpaired) electrons. The largest absolute Gasteiger partial charge is 0.455 e. The average molecular weight is 1020 g/mol. The molecule has 11 atom stereocenters. The molecule has 1 aliphatic heterocycles. The van der Waals surface area contributed by atoms with Crippen molar-refractivity contribution in [2.75, 3.05) is 39.6 Å². The number of nitrogens with one attached hydrogen (secondary N) is 2. The lowest BCUT2D eigenvalue weighted by molar-refractivity contribution is -0.346. The van der Waals surface area contributed by atoms with Crippen molar-refractivity contribution in [1.29, 1.82) is 0 Å². The van der Waals surface area contributed by atoms with Gasteiger partial charge in [0.05, 0.1) is 36.2 Å². The van der Waals surface area contributed by atoms with Crippen LogP contribution in [0.3, 0.4) is 0 Å². The van der Waals surface area contributed by atoms with Gasteiger partial charge in [0.1, 0.15) is 49.2 Å². The van der Waals surface area contributed by atoms with Gasteiger partial charge in [0.25, 0.3) is 0 Å². The molecule has 4 aliphatic rings. The number of hydrogen-bond acceptors (Lipinski definition) is 18. The van der Waals surface area contributed by atoms with Crippen LogP contribution in [0.2, 0.25) is 0 Å². The van der Waals surface area contributed by atoms with E-state index in [1.165, 1.54) is 53.7 Å². The molecule has 0 aromatic heterocycles. The Morgan fingerprint density at radius 3 is 2.10 bits per heavy atom. The van der Waals surface area contributed by atoms with Crippen LogP contribution in [0.15, 0.2) is 71.8 Å². The highest BCUT2D eigenvalue weighted by atomic mass is 16.6. The quantitative estimate of drug-likeness (QED) is 0.0491. The van der Waals surface area contributed by atoms with E-state index in [0.717, 1.165) is 19.8 Å². The molecule has 2 amide bonds. The number of esters is 4. The van der Waals surface area contributed by atoms with Crippen LogP contribution in [-0.4, -0.2) is 150 Å². The monoisotopic (exact) mass is 1020 g/mol. The number of aliphatic hydroxyl groups is 3. The number of Topliss-reactive ketones (excluding diaryl/α,β-unsaturated/α-hetero) is 2. The highest BCUT2D eigenvalue weighted by molar-refractivity contribution is 5.94. The first-order chi connectivity index (χ1) is 34.5. The summed E-state index contributed by atoms with van der Waals surface area (Å²) < 4.78 is 41.1. The Hall–Kier alpha value is -5.90. The molecule has 2 aromatic carbocycles. The van der Waals surface area contributed by atoms with Gasteiger partial charge in [-0.25, -0.2) is 9.59 Å². The van der Waals surface area contributed by atoms with E-state index >= 15 is 4.79 Å². The first kappa shape index (κ1) is 56.4. The third-order valence-corrected chi connectivity index (χ3v) is 14.8. The number of fused-ring (bicyclic) bond motifs is 5. The van der Waals surface area contributed by atoms with Crippen LogP contribution in [0.25, 0.3) is 0 Å². The predicted octanol–water partition coefficient (Wildman–Crippen LogP) is 2.72. The lowest BCUT2D eigenvalue weighted by Crippen LogP contribution is -2.81. The molecule has 4 unspecified atom stereocenters. The van der Waals surface area contributed by atoms with Crippen molar-refractivity contribution in [2.45, 2.75) is 141 Å². The molecule has 1 heterocycles.